The van der Waals surface area contributed by atoms with Gasteiger partial charge in [0.1, 0.15) is 0 Å². The molecular weight excluding hydrogens is 390 g/mol. The molecule has 0 aliphatic carbocycles. The van der Waals surface area contributed by atoms with Gasteiger partial charge in [0.05, 0.1) is 4.90 Å². The van der Waals surface area contributed by atoms with Crippen LogP contribution in [0.1, 0.15) is 42.1 Å². The molecule has 1 aliphatic heterocycles. The third-order valence-corrected chi connectivity index (χ3v) is 6.89. The van der Waals surface area contributed by atoms with Crippen molar-refractivity contribution in [2.75, 3.05) is 13.1 Å². The Kier molecular flexibility index (Phi) is 6.82. The molecule has 3 rings (SSSR count). The fourth-order valence-corrected chi connectivity index (χ4v) is 4.82. The predicted octanol–water partition coefficient (Wildman–Crippen LogP) is 3.22. The van der Waals surface area contributed by atoms with Crippen LogP contribution in [0.15, 0.2) is 59.5 Å². The van der Waals surface area contributed by atoms with Crippen molar-refractivity contribution in [1.82, 2.24) is 4.31 Å². The van der Waals surface area contributed by atoms with E-state index in [9.17, 15) is 18.0 Å². The molecule has 29 heavy (non-hydrogen) atoms. The highest BCUT2D eigenvalue weighted by Gasteiger charge is 2.27. The maximum atomic E-state index is 12.5. The van der Waals surface area contributed by atoms with Gasteiger partial charge in [0.25, 0.3) is 0 Å². The lowest BCUT2D eigenvalue weighted by atomic mass is 10.1. The van der Waals surface area contributed by atoms with Gasteiger partial charge in [-0.1, -0.05) is 42.5 Å². The second-order valence-corrected chi connectivity index (χ2v) is 9.06. The zero-order valence-corrected chi connectivity index (χ0v) is 17.2. The van der Waals surface area contributed by atoms with Crippen LogP contribution in [0.2, 0.25) is 0 Å². The van der Waals surface area contributed by atoms with Crippen LogP contribution in [0.4, 0.5) is 0 Å². The first-order valence-corrected chi connectivity index (χ1v) is 11.2. The van der Waals surface area contributed by atoms with Gasteiger partial charge in [-0.05, 0) is 43.9 Å². The van der Waals surface area contributed by atoms with Crippen LogP contribution in [0, 0.1) is 0 Å². The Morgan fingerprint density at radius 3 is 2.24 bits per heavy atom. The molecule has 0 N–H and O–H groups in total. The van der Waals surface area contributed by atoms with E-state index in [4.69, 9.17) is 4.74 Å². The number of carbonyl (C=O) groups is 2. The van der Waals surface area contributed by atoms with Crippen LogP contribution < -0.4 is 0 Å². The fraction of sp³-hybridized carbons (Fsp3) is 0.364. The SMILES string of the molecule is CC(OC(=O)CCc1ccc(S(=O)(=O)N2CCCC2)cc1)C(=O)c1ccccc1. The van der Waals surface area contributed by atoms with Gasteiger partial charge in [-0.25, -0.2) is 8.42 Å². The Morgan fingerprint density at radius 1 is 1.00 bits per heavy atom. The van der Waals surface area contributed by atoms with Crippen molar-refractivity contribution < 1.29 is 22.7 Å². The summed E-state index contributed by atoms with van der Waals surface area (Å²) in [7, 11) is -3.43. The van der Waals surface area contributed by atoms with Crippen molar-refractivity contribution in [2.45, 2.75) is 43.6 Å². The lowest BCUT2D eigenvalue weighted by Crippen LogP contribution is -2.27. The first-order chi connectivity index (χ1) is 13.9. The summed E-state index contributed by atoms with van der Waals surface area (Å²) in [4.78, 5) is 24.6. The van der Waals surface area contributed by atoms with Crippen molar-refractivity contribution in [1.29, 1.82) is 0 Å². The quantitative estimate of drug-likeness (QED) is 0.488. The number of ketones is 1. The summed E-state index contributed by atoms with van der Waals surface area (Å²) in [5, 5.41) is 0. The van der Waals surface area contributed by atoms with Crippen LogP contribution in [-0.2, 0) is 26.0 Å². The second-order valence-electron chi connectivity index (χ2n) is 7.12. The first-order valence-electron chi connectivity index (χ1n) is 9.76. The normalized spacial score (nSPS) is 15.8. The molecular formula is C22H25NO5S. The highest BCUT2D eigenvalue weighted by Crippen LogP contribution is 2.21. The monoisotopic (exact) mass is 415 g/mol. The van der Waals surface area contributed by atoms with Crippen molar-refractivity contribution in [3.05, 3.63) is 65.7 Å². The first kappa shape index (κ1) is 21.2. The number of benzene rings is 2. The summed E-state index contributed by atoms with van der Waals surface area (Å²) in [6, 6.07) is 15.3. The maximum Gasteiger partial charge on any atom is 0.306 e. The maximum absolute atomic E-state index is 12.5. The van der Waals surface area contributed by atoms with Crippen molar-refractivity contribution >= 4 is 21.8 Å². The number of hydrogen-bond donors (Lipinski definition) is 0. The summed E-state index contributed by atoms with van der Waals surface area (Å²) >= 11 is 0. The molecule has 0 saturated carbocycles. The number of nitrogens with zero attached hydrogens (tertiary/aromatic N) is 1. The van der Waals surface area contributed by atoms with Gasteiger partial charge in [0.2, 0.25) is 15.8 Å². The molecule has 1 heterocycles. The van der Waals surface area contributed by atoms with E-state index in [0.29, 0.717) is 25.1 Å². The van der Waals surface area contributed by atoms with E-state index in [1.165, 1.54) is 4.31 Å². The fourth-order valence-electron chi connectivity index (χ4n) is 3.30. The van der Waals surface area contributed by atoms with Crippen LogP contribution in [0.25, 0.3) is 0 Å². The molecule has 1 atom stereocenters. The highest BCUT2D eigenvalue weighted by molar-refractivity contribution is 7.89. The van der Waals surface area contributed by atoms with Crippen LogP contribution in [0.5, 0.6) is 0 Å². The highest BCUT2D eigenvalue weighted by atomic mass is 32.2. The Hall–Kier alpha value is -2.51. The molecule has 0 spiro atoms. The number of ether oxygens (including phenoxy) is 1. The van der Waals surface area contributed by atoms with Gasteiger partial charge in [0, 0.05) is 25.1 Å². The van der Waals surface area contributed by atoms with Gasteiger partial charge in [-0.2, -0.15) is 4.31 Å². The minimum Gasteiger partial charge on any atom is -0.454 e. The van der Waals surface area contributed by atoms with Crippen molar-refractivity contribution in [3.8, 4) is 0 Å². The third-order valence-electron chi connectivity index (χ3n) is 4.98. The average molecular weight is 416 g/mol. The van der Waals surface area contributed by atoms with E-state index in [-0.39, 0.29) is 17.1 Å². The van der Waals surface area contributed by atoms with E-state index >= 15 is 0 Å². The van der Waals surface area contributed by atoms with E-state index in [2.05, 4.69) is 0 Å². The van der Waals surface area contributed by atoms with Gasteiger partial charge in [0.15, 0.2) is 6.10 Å². The van der Waals surface area contributed by atoms with Crippen LogP contribution in [-0.4, -0.2) is 43.7 Å². The van der Waals surface area contributed by atoms with Gasteiger partial charge >= 0.3 is 5.97 Å². The smallest absolute Gasteiger partial charge is 0.306 e. The van der Waals surface area contributed by atoms with Gasteiger partial charge in [-0.15, -0.1) is 0 Å². The molecule has 1 fully saturated rings. The molecule has 2 aromatic rings. The average Bonchev–Trinajstić information content (AvgIpc) is 3.28. The summed E-state index contributed by atoms with van der Waals surface area (Å²) < 4.78 is 31.8. The molecule has 7 heteroatoms. The minimum absolute atomic E-state index is 0.116. The molecule has 1 saturated heterocycles. The number of rotatable bonds is 8. The number of Topliss-reactive ketones (excluding diaryl/α,β-unsaturated/α-hetero) is 1. The van der Waals surface area contributed by atoms with E-state index in [1.54, 1.807) is 55.5 Å². The second kappa shape index (κ2) is 9.33. The van der Waals surface area contributed by atoms with E-state index in [1.807, 2.05) is 6.07 Å². The standard InChI is InChI=1S/C22H25NO5S/c1-17(22(25)19-7-3-2-4-8-19)28-21(24)14-11-18-9-12-20(13-10-18)29(26,27)23-15-5-6-16-23/h2-4,7-10,12-13,17H,5-6,11,14-16H2,1H3. The zero-order valence-electron chi connectivity index (χ0n) is 16.4. The summed E-state index contributed by atoms with van der Waals surface area (Å²) in [5.74, 6) is -0.703. The Morgan fingerprint density at radius 2 is 1.62 bits per heavy atom. The van der Waals surface area contributed by atoms with E-state index in [0.717, 1.165) is 18.4 Å². The lowest BCUT2D eigenvalue weighted by Gasteiger charge is -2.15. The summed E-state index contributed by atoms with van der Waals surface area (Å²) in [5.41, 5.74) is 1.34. The van der Waals surface area contributed by atoms with E-state index < -0.39 is 22.1 Å². The zero-order chi connectivity index (χ0) is 20.9. The molecule has 2 aromatic carbocycles. The molecule has 1 aliphatic rings. The Balaban J connectivity index is 1.52. The minimum atomic E-state index is -3.43. The molecule has 0 aromatic heterocycles. The topological polar surface area (TPSA) is 80.8 Å². The number of aryl methyl sites for hydroxylation is 1. The number of carbonyl (C=O) groups excluding carboxylic acids is 2. The van der Waals surface area contributed by atoms with Crippen LogP contribution >= 0.6 is 0 Å². The van der Waals surface area contributed by atoms with Crippen molar-refractivity contribution in [2.24, 2.45) is 0 Å². The molecule has 0 amide bonds. The summed E-state index contributed by atoms with van der Waals surface area (Å²) in [6.45, 7) is 2.69. The number of esters is 1. The van der Waals surface area contributed by atoms with Gasteiger partial charge < -0.3 is 4.74 Å². The molecule has 0 radical (unpaired) electrons. The third kappa shape index (κ3) is 5.31. The Bertz CT molecular complexity index is 948. The molecule has 1 unspecified atom stereocenters. The largest absolute Gasteiger partial charge is 0.454 e. The predicted molar refractivity (Wildman–Crippen MR) is 109 cm³/mol. The number of sulfonamides is 1. The lowest BCUT2D eigenvalue weighted by molar-refractivity contribution is -0.146. The molecule has 0 bridgehead atoms. The summed E-state index contributed by atoms with van der Waals surface area (Å²) in [6.07, 6.45) is 1.47. The van der Waals surface area contributed by atoms with Gasteiger partial charge in [-0.3, -0.25) is 9.59 Å². The number of hydrogen-bond acceptors (Lipinski definition) is 5. The Labute approximate surface area is 171 Å². The molecule has 6 nitrogen and oxygen atoms in total. The molecule has 154 valence electrons. The van der Waals surface area contributed by atoms with Crippen molar-refractivity contribution in [3.63, 3.8) is 0 Å². The van der Waals surface area contributed by atoms with Crippen LogP contribution in [0.3, 0.4) is 0 Å².